The predicted molar refractivity (Wildman–Crippen MR) is 86.4 cm³/mol. The molecule has 1 aromatic heterocycles. The maximum atomic E-state index is 12.0. The molecule has 2 aromatic carbocycles. The molecule has 0 radical (unpaired) electrons. The molecule has 0 fully saturated rings. The number of fused-ring (bicyclic) bond motifs is 1. The van der Waals surface area contributed by atoms with E-state index in [9.17, 15) is 4.79 Å². The van der Waals surface area contributed by atoms with Crippen molar-refractivity contribution in [1.29, 1.82) is 5.26 Å². The predicted octanol–water partition coefficient (Wildman–Crippen LogP) is 3.40. The van der Waals surface area contributed by atoms with Crippen molar-refractivity contribution in [1.82, 2.24) is 10.3 Å². The summed E-state index contributed by atoms with van der Waals surface area (Å²) in [5.41, 5.74) is 4.91. The Balaban J connectivity index is 2.05. The summed E-state index contributed by atoms with van der Waals surface area (Å²) in [5, 5.41) is 12.2. The number of aromatic amines is 1. The van der Waals surface area contributed by atoms with E-state index in [1.54, 1.807) is 6.07 Å². The lowest BCUT2D eigenvalue weighted by atomic mass is 9.98. The molecule has 0 saturated heterocycles. The van der Waals surface area contributed by atoms with E-state index in [-0.39, 0.29) is 12.5 Å². The van der Waals surface area contributed by atoms with Gasteiger partial charge in [-0.25, -0.2) is 0 Å². The van der Waals surface area contributed by atoms with E-state index in [1.165, 1.54) is 5.56 Å². The summed E-state index contributed by atoms with van der Waals surface area (Å²) >= 11 is 0. The van der Waals surface area contributed by atoms with Crippen molar-refractivity contribution in [3.05, 3.63) is 59.8 Å². The Labute approximate surface area is 128 Å². The molecule has 0 aliphatic heterocycles. The van der Waals surface area contributed by atoms with Gasteiger partial charge in [-0.2, -0.15) is 5.26 Å². The van der Waals surface area contributed by atoms with Gasteiger partial charge in [0.15, 0.2) is 0 Å². The molecule has 2 N–H and O–H groups in total. The van der Waals surface area contributed by atoms with Gasteiger partial charge in [0.05, 0.1) is 6.07 Å². The first-order valence-electron chi connectivity index (χ1n) is 7.03. The summed E-state index contributed by atoms with van der Waals surface area (Å²) in [6.45, 7) is 2.07. The molecular weight excluding hydrogens is 274 g/mol. The summed E-state index contributed by atoms with van der Waals surface area (Å²) in [6.07, 6.45) is 1.92. The summed E-state index contributed by atoms with van der Waals surface area (Å²) in [5.74, 6) is -0.235. The zero-order valence-corrected chi connectivity index (χ0v) is 12.2. The summed E-state index contributed by atoms with van der Waals surface area (Å²) in [4.78, 5) is 15.2. The minimum Gasteiger partial charge on any atom is -0.361 e. The van der Waals surface area contributed by atoms with E-state index in [2.05, 4.69) is 29.4 Å². The number of hydrogen-bond acceptors (Lipinski definition) is 2. The molecule has 4 nitrogen and oxygen atoms in total. The fraction of sp³-hybridized carbons (Fsp3) is 0.111. The van der Waals surface area contributed by atoms with Crippen LogP contribution in [0.1, 0.15) is 15.9 Å². The van der Waals surface area contributed by atoms with E-state index in [1.807, 2.05) is 36.5 Å². The number of nitrogens with one attached hydrogen (secondary N) is 2. The summed E-state index contributed by atoms with van der Waals surface area (Å²) in [7, 11) is 0. The van der Waals surface area contributed by atoms with Crippen molar-refractivity contribution in [2.24, 2.45) is 0 Å². The third-order valence-corrected chi connectivity index (χ3v) is 3.70. The molecule has 0 bridgehead atoms. The van der Waals surface area contributed by atoms with Gasteiger partial charge in [-0.3, -0.25) is 4.79 Å². The van der Waals surface area contributed by atoms with Crippen LogP contribution in [-0.2, 0) is 0 Å². The van der Waals surface area contributed by atoms with Crippen molar-refractivity contribution >= 4 is 16.8 Å². The first-order chi connectivity index (χ1) is 10.7. The Kier molecular flexibility index (Phi) is 3.63. The van der Waals surface area contributed by atoms with Gasteiger partial charge in [0.25, 0.3) is 5.91 Å². The highest BCUT2D eigenvalue weighted by Gasteiger charge is 2.10. The zero-order chi connectivity index (χ0) is 15.5. The molecule has 0 aliphatic carbocycles. The standard InChI is InChI=1S/C18H15N3O/c1-12-5-6-15(16-7-9-20-17(12)16)13-3-2-4-14(11-13)18(22)21-10-8-19/h2-7,9,11,20H,10H2,1H3,(H,21,22). The minimum absolute atomic E-state index is 0.00957. The first-order valence-corrected chi connectivity index (χ1v) is 7.03. The molecule has 4 heteroatoms. The average molecular weight is 289 g/mol. The van der Waals surface area contributed by atoms with Crippen molar-refractivity contribution in [2.75, 3.05) is 6.54 Å². The fourth-order valence-electron chi connectivity index (χ4n) is 2.60. The van der Waals surface area contributed by atoms with Crippen molar-refractivity contribution in [3.63, 3.8) is 0 Å². The first kappa shape index (κ1) is 13.9. The van der Waals surface area contributed by atoms with E-state index in [4.69, 9.17) is 5.26 Å². The molecule has 0 saturated carbocycles. The highest BCUT2D eigenvalue weighted by atomic mass is 16.1. The number of hydrogen-bond donors (Lipinski definition) is 2. The number of aromatic nitrogens is 1. The zero-order valence-electron chi connectivity index (χ0n) is 12.2. The Morgan fingerprint density at radius 2 is 2.14 bits per heavy atom. The molecule has 0 spiro atoms. The number of nitrogens with zero attached hydrogens (tertiary/aromatic N) is 1. The fourth-order valence-corrected chi connectivity index (χ4v) is 2.60. The van der Waals surface area contributed by atoms with Crippen LogP contribution in [0.3, 0.4) is 0 Å². The molecule has 3 aromatic rings. The van der Waals surface area contributed by atoms with Gasteiger partial charge in [0.1, 0.15) is 6.54 Å². The molecule has 1 heterocycles. The summed E-state index contributed by atoms with van der Waals surface area (Å²) in [6, 6.07) is 15.5. The SMILES string of the molecule is Cc1ccc(-c2cccc(C(=O)NCC#N)c2)c2cc[nH]c12. The van der Waals surface area contributed by atoms with Crippen LogP contribution < -0.4 is 5.32 Å². The monoisotopic (exact) mass is 289 g/mol. The molecule has 3 rings (SSSR count). The van der Waals surface area contributed by atoms with Crippen molar-refractivity contribution in [2.45, 2.75) is 6.92 Å². The maximum Gasteiger partial charge on any atom is 0.252 e. The van der Waals surface area contributed by atoms with Gasteiger partial charge in [-0.1, -0.05) is 24.3 Å². The van der Waals surface area contributed by atoms with Crippen LogP contribution in [0, 0.1) is 18.3 Å². The lowest BCUT2D eigenvalue weighted by Gasteiger charge is -2.08. The number of nitriles is 1. The molecule has 0 atom stereocenters. The lowest BCUT2D eigenvalue weighted by molar-refractivity contribution is 0.0958. The van der Waals surface area contributed by atoms with E-state index in [0.29, 0.717) is 5.56 Å². The number of aryl methyl sites for hydroxylation is 1. The number of H-pyrrole nitrogens is 1. The van der Waals surface area contributed by atoms with Crippen LogP contribution in [0.5, 0.6) is 0 Å². The van der Waals surface area contributed by atoms with Crippen molar-refractivity contribution in [3.8, 4) is 17.2 Å². The average Bonchev–Trinajstić information content (AvgIpc) is 3.03. The summed E-state index contributed by atoms with van der Waals surface area (Å²) < 4.78 is 0. The third-order valence-electron chi connectivity index (χ3n) is 3.70. The van der Waals surface area contributed by atoms with Crippen molar-refractivity contribution < 1.29 is 4.79 Å². The van der Waals surface area contributed by atoms with Gasteiger partial charge in [-0.15, -0.1) is 0 Å². The normalized spacial score (nSPS) is 10.4. The molecule has 22 heavy (non-hydrogen) atoms. The van der Waals surface area contributed by atoms with Gasteiger partial charge >= 0.3 is 0 Å². The Bertz CT molecular complexity index is 887. The number of carbonyl (C=O) groups excluding carboxylic acids is 1. The van der Waals surface area contributed by atoms with Gasteiger partial charge in [0, 0.05) is 22.7 Å². The molecule has 1 amide bonds. The molecular formula is C18H15N3O. The Morgan fingerprint density at radius 1 is 1.27 bits per heavy atom. The van der Waals surface area contributed by atoms with Gasteiger partial charge in [-0.05, 0) is 41.8 Å². The van der Waals surface area contributed by atoms with Crippen LogP contribution in [0.25, 0.3) is 22.0 Å². The minimum atomic E-state index is -0.235. The van der Waals surface area contributed by atoms with E-state index in [0.717, 1.165) is 22.0 Å². The quantitative estimate of drug-likeness (QED) is 0.726. The van der Waals surface area contributed by atoms with Gasteiger partial charge < -0.3 is 10.3 Å². The number of rotatable bonds is 3. The van der Waals surface area contributed by atoms with E-state index >= 15 is 0 Å². The van der Waals surface area contributed by atoms with Crippen LogP contribution >= 0.6 is 0 Å². The van der Waals surface area contributed by atoms with Gasteiger partial charge in [0.2, 0.25) is 0 Å². The second kappa shape index (κ2) is 5.74. The highest BCUT2D eigenvalue weighted by Crippen LogP contribution is 2.30. The lowest BCUT2D eigenvalue weighted by Crippen LogP contribution is -2.23. The highest BCUT2D eigenvalue weighted by molar-refractivity contribution is 5.99. The molecule has 0 aliphatic rings. The van der Waals surface area contributed by atoms with Crippen LogP contribution in [0.4, 0.5) is 0 Å². The number of amides is 1. The number of carbonyl (C=O) groups is 1. The number of benzene rings is 2. The second-order valence-corrected chi connectivity index (χ2v) is 5.12. The topological polar surface area (TPSA) is 68.7 Å². The van der Waals surface area contributed by atoms with Crippen LogP contribution in [0.15, 0.2) is 48.7 Å². The second-order valence-electron chi connectivity index (χ2n) is 5.12. The molecule has 108 valence electrons. The smallest absolute Gasteiger partial charge is 0.252 e. The Morgan fingerprint density at radius 3 is 2.95 bits per heavy atom. The van der Waals surface area contributed by atoms with Crippen LogP contribution in [0.2, 0.25) is 0 Å². The largest absolute Gasteiger partial charge is 0.361 e. The van der Waals surface area contributed by atoms with E-state index < -0.39 is 0 Å². The third kappa shape index (κ3) is 2.45. The maximum absolute atomic E-state index is 12.0. The Hall–Kier alpha value is -3.06. The molecule has 0 unspecified atom stereocenters. The van der Waals surface area contributed by atoms with Crippen LogP contribution in [-0.4, -0.2) is 17.4 Å².